The van der Waals surface area contributed by atoms with Crippen molar-refractivity contribution in [3.8, 4) is 11.1 Å². The quantitative estimate of drug-likeness (QED) is 0.893. The second-order valence-corrected chi connectivity index (χ2v) is 5.40. The third-order valence-electron chi connectivity index (χ3n) is 4.10. The molecule has 3 heteroatoms. The molecule has 19 heavy (non-hydrogen) atoms. The highest BCUT2D eigenvalue weighted by molar-refractivity contribution is 5.68. The Morgan fingerprint density at radius 3 is 2.79 bits per heavy atom. The summed E-state index contributed by atoms with van der Waals surface area (Å²) in [5, 5.41) is 8.09. The molecule has 3 nitrogen and oxygen atoms in total. The lowest BCUT2D eigenvalue weighted by Crippen LogP contribution is -2.32. The average Bonchev–Trinajstić information content (AvgIpc) is 2.82. The molecule has 3 rings (SSSR count). The minimum Gasteiger partial charge on any atom is -0.315 e. The van der Waals surface area contributed by atoms with E-state index in [-0.39, 0.29) is 0 Å². The smallest absolute Gasteiger partial charge is 0.0647 e. The summed E-state index contributed by atoms with van der Waals surface area (Å²) in [6.07, 6.45) is 4.48. The maximum absolute atomic E-state index is 4.63. The van der Waals surface area contributed by atoms with Crippen molar-refractivity contribution in [2.45, 2.75) is 32.7 Å². The molecule has 1 fully saturated rings. The topological polar surface area (TPSA) is 29.9 Å². The second-order valence-electron chi connectivity index (χ2n) is 5.40. The van der Waals surface area contributed by atoms with Gasteiger partial charge in [0.15, 0.2) is 0 Å². The number of benzene rings is 1. The summed E-state index contributed by atoms with van der Waals surface area (Å²) < 4.78 is 2.20. The van der Waals surface area contributed by atoms with E-state index in [1.54, 1.807) is 0 Å². The van der Waals surface area contributed by atoms with Gasteiger partial charge < -0.3 is 5.32 Å². The van der Waals surface area contributed by atoms with Crippen molar-refractivity contribution in [2.75, 3.05) is 13.1 Å². The van der Waals surface area contributed by atoms with Gasteiger partial charge >= 0.3 is 0 Å². The van der Waals surface area contributed by atoms with E-state index in [1.165, 1.54) is 35.2 Å². The van der Waals surface area contributed by atoms with Crippen LogP contribution in [0.2, 0.25) is 0 Å². The molecule has 0 saturated carbocycles. The lowest BCUT2D eigenvalue weighted by Gasteiger charge is -2.24. The molecular formula is C16H21N3. The number of hydrogen-bond donors (Lipinski definition) is 1. The van der Waals surface area contributed by atoms with Crippen molar-refractivity contribution >= 4 is 0 Å². The Morgan fingerprint density at radius 2 is 2.05 bits per heavy atom. The first-order valence-electron chi connectivity index (χ1n) is 7.08. The highest BCUT2D eigenvalue weighted by Gasteiger charge is 2.19. The van der Waals surface area contributed by atoms with Crippen LogP contribution >= 0.6 is 0 Å². The molecule has 0 amide bonds. The molecule has 100 valence electrons. The van der Waals surface area contributed by atoms with Gasteiger partial charge in [0.25, 0.3) is 0 Å². The van der Waals surface area contributed by atoms with Crippen LogP contribution in [0.3, 0.4) is 0 Å². The highest BCUT2D eigenvalue weighted by Crippen LogP contribution is 2.28. The summed E-state index contributed by atoms with van der Waals surface area (Å²) in [5.74, 6) is 0. The molecular weight excluding hydrogens is 234 g/mol. The van der Waals surface area contributed by atoms with Gasteiger partial charge in [0.2, 0.25) is 0 Å². The van der Waals surface area contributed by atoms with E-state index in [2.05, 4.69) is 53.2 Å². The van der Waals surface area contributed by atoms with E-state index in [4.69, 9.17) is 0 Å². The van der Waals surface area contributed by atoms with Gasteiger partial charge in [-0.05, 0) is 44.4 Å². The number of aryl methyl sites for hydroxylation is 1. The van der Waals surface area contributed by atoms with Crippen molar-refractivity contribution in [1.29, 1.82) is 0 Å². The standard InChI is InChI=1S/C16H21N3/c1-12-6-3-4-8-15(12)16-11-18-19(13(16)2)14-7-5-9-17-10-14/h3-4,6,8,11,14,17H,5,7,9-10H2,1-2H3. The Balaban J connectivity index is 1.97. The maximum Gasteiger partial charge on any atom is 0.0647 e. The van der Waals surface area contributed by atoms with Crippen molar-refractivity contribution in [1.82, 2.24) is 15.1 Å². The molecule has 0 aliphatic carbocycles. The summed E-state index contributed by atoms with van der Waals surface area (Å²) in [6, 6.07) is 9.04. The van der Waals surface area contributed by atoms with E-state index in [1.807, 2.05) is 6.20 Å². The van der Waals surface area contributed by atoms with Gasteiger partial charge in [-0.25, -0.2) is 0 Å². The monoisotopic (exact) mass is 255 g/mol. The zero-order valence-electron chi connectivity index (χ0n) is 11.7. The fraction of sp³-hybridized carbons (Fsp3) is 0.438. The predicted octanol–water partition coefficient (Wildman–Crippen LogP) is 3.09. The van der Waals surface area contributed by atoms with E-state index in [0.29, 0.717) is 6.04 Å². The van der Waals surface area contributed by atoms with Gasteiger partial charge in [-0.15, -0.1) is 0 Å². The summed E-state index contributed by atoms with van der Waals surface area (Å²) >= 11 is 0. The third kappa shape index (κ3) is 2.30. The minimum atomic E-state index is 0.506. The Bertz CT molecular complexity index is 565. The van der Waals surface area contributed by atoms with E-state index in [9.17, 15) is 0 Å². The largest absolute Gasteiger partial charge is 0.315 e. The van der Waals surface area contributed by atoms with Crippen molar-refractivity contribution < 1.29 is 0 Å². The second kappa shape index (κ2) is 5.17. The minimum absolute atomic E-state index is 0.506. The Labute approximate surface area is 114 Å². The lowest BCUT2D eigenvalue weighted by molar-refractivity contribution is 0.342. The summed E-state index contributed by atoms with van der Waals surface area (Å²) in [7, 11) is 0. The van der Waals surface area contributed by atoms with Crippen LogP contribution in [0.25, 0.3) is 11.1 Å². The molecule has 1 saturated heterocycles. The summed E-state index contributed by atoms with van der Waals surface area (Å²) in [4.78, 5) is 0. The maximum atomic E-state index is 4.63. The first kappa shape index (κ1) is 12.4. The van der Waals surface area contributed by atoms with Crippen molar-refractivity contribution in [3.63, 3.8) is 0 Å². The SMILES string of the molecule is Cc1ccccc1-c1cnn(C2CCCNC2)c1C. The molecule has 0 radical (unpaired) electrons. The van der Waals surface area contributed by atoms with Crippen LogP contribution in [0.5, 0.6) is 0 Å². The lowest BCUT2D eigenvalue weighted by atomic mass is 10.0. The van der Waals surface area contributed by atoms with Gasteiger partial charge in [0.05, 0.1) is 12.2 Å². The zero-order chi connectivity index (χ0) is 13.2. The van der Waals surface area contributed by atoms with Gasteiger partial charge in [-0.3, -0.25) is 4.68 Å². The Kier molecular flexibility index (Phi) is 3.38. The molecule has 1 aliphatic heterocycles. The molecule has 1 aromatic heterocycles. The fourth-order valence-corrected chi connectivity index (χ4v) is 2.97. The van der Waals surface area contributed by atoms with Crippen LogP contribution < -0.4 is 5.32 Å². The number of aromatic nitrogens is 2. The average molecular weight is 255 g/mol. The van der Waals surface area contributed by atoms with Crippen LogP contribution in [0.4, 0.5) is 0 Å². The number of hydrogen-bond acceptors (Lipinski definition) is 2. The molecule has 2 aromatic rings. The van der Waals surface area contributed by atoms with E-state index < -0.39 is 0 Å². The highest BCUT2D eigenvalue weighted by atomic mass is 15.3. The van der Waals surface area contributed by atoms with E-state index >= 15 is 0 Å². The molecule has 1 unspecified atom stereocenters. The van der Waals surface area contributed by atoms with Crippen LogP contribution in [0.15, 0.2) is 30.5 Å². The first-order chi connectivity index (χ1) is 9.27. The molecule has 1 aliphatic rings. The molecule has 1 atom stereocenters. The van der Waals surface area contributed by atoms with Crippen molar-refractivity contribution in [3.05, 3.63) is 41.7 Å². The number of rotatable bonds is 2. The third-order valence-corrected chi connectivity index (χ3v) is 4.10. The number of nitrogens with one attached hydrogen (secondary N) is 1. The van der Waals surface area contributed by atoms with Crippen LogP contribution in [0.1, 0.15) is 30.1 Å². The molecule has 0 bridgehead atoms. The van der Waals surface area contributed by atoms with Gasteiger partial charge in [-0.1, -0.05) is 24.3 Å². The van der Waals surface area contributed by atoms with Gasteiger partial charge in [0.1, 0.15) is 0 Å². The fourth-order valence-electron chi connectivity index (χ4n) is 2.97. The van der Waals surface area contributed by atoms with E-state index in [0.717, 1.165) is 13.1 Å². The summed E-state index contributed by atoms with van der Waals surface area (Å²) in [5.41, 5.74) is 5.16. The number of piperidine rings is 1. The van der Waals surface area contributed by atoms with Crippen molar-refractivity contribution in [2.24, 2.45) is 0 Å². The molecule has 1 aromatic carbocycles. The molecule has 2 heterocycles. The summed E-state index contributed by atoms with van der Waals surface area (Å²) in [6.45, 7) is 6.52. The van der Waals surface area contributed by atoms with Crippen LogP contribution in [-0.4, -0.2) is 22.9 Å². The Morgan fingerprint density at radius 1 is 1.21 bits per heavy atom. The molecule has 0 spiro atoms. The van der Waals surface area contributed by atoms with Crippen LogP contribution in [-0.2, 0) is 0 Å². The normalized spacial score (nSPS) is 19.6. The predicted molar refractivity (Wildman–Crippen MR) is 78.3 cm³/mol. The number of nitrogens with zero attached hydrogens (tertiary/aromatic N) is 2. The van der Waals surface area contributed by atoms with Crippen LogP contribution in [0, 0.1) is 13.8 Å². The first-order valence-corrected chi connectivity index (χ1v) is 7.08. The zero-order valence-corrected chi connectivity index (χ0v) is 11.7. The molecule has 1 N–H and O–H groups in total. The Hall–Kier alpha value is -1.61. The van der Waals surface area contributed by atoms with Gasteiger partial charge in [-0.2, -0.15) is 5.10 Å². The van der Waals surface area contributed by atoms with Gasteiger partial charge in [0, 0.05) is 17.8 Å².